The molecule has 0 aromatic carbocycles. The van der Waals surface area contributed by atoms with Gasteiger partial charge in [0.1, 0.15) is 0 Å². The van der Waals surface area contributed by atoms with Crippen molar-refractivity contribution in [3.63, 3.8) is 0 Å². The van der Waals surface area contributed by atoms with Crippen molar-refractivity contribution >= 4 is 0 Å². The van der Waals surface area contributed by atoms with Gasteiger partial charge in [0, 0.05) is 18.6 Å². The van der Waals surface area contributed by atoms with Gasteiger partial charge in [0.05, 0.1) is 0 Å². The van der Waals surface area contributed by atoms with Gasteiger partial charge in [0.25, 0.3) is 0 Å². The second kappa shape index (κ2) is 5.13. The van der Waals surface area contributed by atoms with Gasteiger partial charge in [-0.05, 0) is 31.1 Å². The molecule has 2 atom stereocenters. The number of hydrogen-bond acceptors (Lipinski definition) is 2. The lowest BCUT2D eigenvalue weighted by atomic mass is 9.91. The molecule has 0 radical (unpaired) electrons. The minimum Gasteiger partial charge on any atom is -0.329 e. The van der Waals surface area contributed by atoms with Crippen LogP contribution in [-0.4, -0.2) is 18.6 Å². The summed E-state index contributed by atoms with van der Waals surface area (Å²) < 4.78 is 0. The van der Waals surface area contributed by atoms with Gasteiger partial charge in [-0.3, -0.25) is 0 Å². The van der Waals surface area contributed by atoms with Crippen LogP contribution >= 0.6 is 0 Å². The Morgan fingerprint density at radius 3 is 2.64 bits per heavy atom. The minimum absolute atomic E-state index is 0.541. The predicted octanol–water partition coefficient (Wildman–Crippen LogP) is 2.28. The Labute approximate surface area is 88.6 Å². The topological polar surface area (TPSA) is 38.0 Å². The van der Waals surface area contributed by atoms with Crippen LogP contribution in [0.2, 0.25) is 0 Å². The van der Waals surface area contributed by atoms with Crippen LogP contribution in [0.3, 0.4) is 0 Å². The summed E-state index contributed by atoms with van der Waals surface area (Å²) >= 11 is 0. The highest BCUT2D eigenvalue weighted by Gasteiger charge is 2.31. The van der Waals surface area contributed by atoms with Crippen LogP contribution in [0.5, 0.6) is 0 Å². The average Bonchev–Trinajstić information content (AvgIpc) is 2.45. The van der Waals surface area contributed by atoms with Gasteiger partial charge in [-0.2, -0.15) is 0 Å². The van der Waals surface area contributed by atoms with E-state index in [4.69, 9.17) is 5.73 Å². The molecule has 2 unspecified atom stereocenters. The lowest BCUT2D eigenvalue weighted by Crippen LogP contribution is -2.41. The molecule has 0 aromatic rings. The molecular weight excluding hydrogens is 172 g/mol. The summed E-state index contributed by atoms with van der Waals surface area (Å²) in [6, 6.07) is 1.25. The zero-order valence-corrected chi connectivity index (χ0v) is 9.97. The van der Waals surface area contributed by atoms with E-state index in [1.807, 2.05) is 0 Å². The molecule has 0 aromatic heterocycles. The van der Waals surface area contributed by atoms with Crippen molar-refractivity contribution in [2.45, 2.75) is 65.0 Å². The Morgan fingerprint density at radius 1 is 1.50 bits per heavy atom. The van der Waals surface area contributed by atoms with Gasteiger partial charge in [-0.1, -0.05) is 27.2 Å². The molecule has 1 saturated carbocycles. The first-order chi connectivity index (χ1) is 6.57. The van der Waals surface area contributed by atoms with Crippen molar-refractivity contribution in [3.8, 4) is 0 Å². The van der Waals surface area contributed by atoms with E-state index >= 15 is 0 Å². The van der Waals surface area contributed by atoms with Crippen molar-refractivity contribution in [2.24, 2.45) is 11.1 Å². The summed E-state index contributed by atoms with van der Waals surface area (Å²) in [6.45, 7) is 7.74. The summed E-state index contributed by atoms with van der Waals surface area (Å²) in [7, 11) is 0. The maximum absolute atomic E-state index is 5.74. The molecule has 1 aliphatic rings. The number of nitrogens with one attached hydrogen (secondary N) is 1. The fourth-order valence-corrected chi connectivity index (χ4v) is 2.53. The third-order valence-corrected chi connectivity index (χ3v) is 3.36. The summed E-state index contributed by atoms with van der Waals surface area (Å²) in [6.07, 6.45) is 6.44. The predicted molar refractivity (Wildman–Crippen MR) is 62.3 cm³/mol. The van der Waals surface area contributed by atoms with Gasteiger partial charge in [0.2, 0.25) is 0 Å². The summed E-state index contributed by atoms with van der Waals surface area (Å²) in [5, 5.41) is 3.70. The fraction of sp³-hybridized carbons (Fsp3) is 1.00. The first-order valence-corrected chi connectivity index (χ1v) is 6.03. The smallest absolute Gasteiger partial charge is 0.0192 e. The Balaban J connectivity index is 2.30. The third kappa shape index (κ3) is 3.58. The minimum atomic E-state index is 0.541. The molecule has 0 saturated heterocycles. The van der Waals surface area contributed by atoms with Gasteiger partial charge >= 0.3 is 0 Å². The first-order valence-electron chi connectivity index (χ1n) is 6.03. The summed E-state index contributed by atoms with van der Waals surface area (Å²) in [5.74, 6) is 0. The van der Waals surface area contributed by atoms with E-state index in [2.05, 4.69) is 26.1 Å². The van der Waals surface area contributed by atoms with Gasteiger partial charge < -0.3 is 11.1 Å². The van der Waals surface area contributed by atoms with Crippen molar-refractivity contribution in [1.29, 1.82) is 0 Å². The molecule has 0 bridgehead atoms. The molecule has 0 aliphatic heterocycles. The van der Waals surface area contributed by atoms with Crippen molar-refractivity contribution in [2.75, 3.05) is 6.54 Å². The molecule has 2 heteroatoms. The summed E-state index contributed by atoms with van der Waals surface area (Å²) in [4.78, 5) is 0. The molecule has 0 spiro atoms. The zero-order chi connectivity index (χ0) is 10.6. The van der Waals surface area contributed by atoms with E-state index < -0.39 is 0 Å². The van der Waals surface area contributed by atoms with E-state index in [1.54, 1.807) is 0 Å². The highest BCUT2D eigenvalue weighted by molar-refractivity contribution is 4.88. The van der Waals surface area contributed by atoms with E-state index in [-0.39, 0.29) is 0 Å². The quantitative estimate of drug-likeness (QED) is 0.711. The molecule has 1 rings (SSSR count). The van der Waals surface area contributed by atoms with Crippen LogP contribution in [0, 0.1) is 5.41 Å². The maximum Gasteiger partial charge on any atom is 0.0192 e. The fourth-order valence-electron chi connectivity index (χ4n) is 2.53. The van der Waals surface area contributed by atoms with Crippen LogP contribution in [0.1, 0.15) is 52.9 Å². The normalized spacial score (nSPS) is 27.9. The van der Waals surface area contributed by atoms with Crippen molar-refractivity contribution in [3.05, 3.63) is 0 Å². The standard InChI is InChI=1S/C12H26N2/c1-4-5-11(9-13)14-10-6-7-12(2,3)8-10/h10-11,14H,4-9,13H2,1-3H3. The van der Waals surface area contributed by atoms with Crippen LogP contribution in [0.25, 0.3) is 0 Å². The molecular formula is C12H26N2. The molecule has 1 aliphatic carbocycles. The van der Waals surface area contributed by atoms with Crippen molar-refractivity contribution < 1.29 is 0 Å². The van der Waals surface area contributed by atoms with Crippen LogP contribution in [0.4, 0.5) is 0 Å². The van der Waals surface area contributed by atoms with E-state index in [0.29, 0.717) is 17.5 Å². The van der Waals surface area contributed by atoms with Crippen molar-refractivity contribution in [1.82, 2.24) is 5.32 Å². The molecule has 84 valence electrons. The highest BCUT2D eigenvalue weighted by Crippen LogP contribution is 2.37. The van der Waals surface area contributed by atoms with E-state index in [9.17, 15) is 0 Å². The molecule has 3 N–H and O–H groups in total. The Morgan fingerprint density at radius 2 is 2.21 bits per heavy atom. The molecule has 0 heterocycles. The van der Waals surface area contributed by atoms with Crippen LogP contribution < -0.4 is 11.1 Å². The highest BCUT2D eigenvalue weighted by atomic mass is 15.0. The lowest BCUT2D eigenvalue weighted by Gasteiger charge is -2.23. The SMILES string of the molecule is CCCC(CN)NC1CCC(C)(C)C1. The largest absolute Gasteiger partial charge is 0.329 e. The zero-order valence-electron chi connectivity index (χ0n) is 9.97. The third-order valence-electron chi connectivity index (χ3n) is 3.36. The lowest BCUT2D eigenvalue weighted by molar-refractivity contribution is 0.347. The van der Waals surface area contributed by atoms with Crippen LogP contribution in [-0.2, 0) is 0 Å². The molecule has 14 heavy (non-hydrogen) atoms. The van der Waals surface area contributed by atoms with Crippen LogP contribution in [0.15, 0.2) is 0 Å². The Hall–Kier alpha value is -0.0800. The van der Waals surface area contributed by atoms with Gasteiger partial charge in [0.15, 0.2) is 0 Å². The molecule has 2 nitrogen and oxygen atoms in total. The second-order valence-electron chi connectivity index (χ2n) is 5.49. The number of hydrogen-bond donors (Lipinski definition) is 2. The monoisotopic (exact) mass is 198 g/mol. The van der Waals surface area contributed by atoms with Gasteiger partial charge in [-0.15, -0.1) is 0 Å². The molecule has 1 fully saturated rings. The number of nitrogens with two attached hydrogens (primary N) is 1. The Bertz CT molecular complexity index is 166. The number of rotatable bonds is 5. The Kier molecular flexibility index (Phi) is 4.39. The second-order valence-corrected chi connectivity index (χ2v) is 5.49. The summed E-state index contributed by atoms with van der Waals surface area (Å²) in [5.41, 5.74) is 6.29. The van der Waals surface area contributed by atoms with E-state index in [1.165, 1.54) is 32.1 Å². The van der Waals surface area contributed by atoms with Gasteiger partial charge in [-0.25, -0.2) is 0 Å². The average molecular weight is 198 g/mol. The van der Waals surface area contributed by atoms with E-state index in [0.717, 1.165) is 6.54 Å². The maximum atomic E-state index is 5.74. The molecule has 0 amide bonds. The first kappa shape index (κ1) is 12.0.